The van der Waals surface area contributed by atoms with Crippen LogP contribution >= 0.6 is 0 Å². The molecule has 1 aromatic carbocycles. The number of hydrogen-bond donors (Lipinski definition) is 2. The number of aromatic amines is 1. The molecule has 0 bridgehead atoms. The highest BCUT2D eigenvalue weighted by atomic mass is 16.5. The van der Waals surface area contributed by atoms with E-state index in [9.17, 15) is 19.2 Å². The Morgan fingerprint density at radius 2 is 1.97 bits per heavy atom. The monoisotopic (exact) mass is 398 g/mol. The zero-order chi connectivity index (χ0) is 20.8. The molecule has 1 aliphatic heterocycles. The molecule has 29 heavy (non-hydrogen) atoms. The van der Waals surface area contributed by atoms with Crippen molar-refractivity contribution in [2.24, 2.45) is 5.92 Å². The van der Waals surface area contributed by atoms with Crippen molar-refractivity contribution in [1.29, 1.82) is 0 Å². The number of ether oxygens (including phenoxy) is 1. The molecule has 0 saturated carbocycles. The summed E-state index contributed by atoms with van der Waals surface area (Å²) in [6.45, 7) is 2.94. The summed E-state index contributed by atoms with van der Waals surface area (Å²) in [7, 11) is 0. The van der Waals surface area contributed by atoms with Gasteiger partial charge < -0.3 is 15.0 Å². The first kappa shape index (κ1) is 20.2. The van der Waals surface area contributed by atoms with E-state index in [0.717, 1.165) is 12.8 Å². The second-order valence-electron chi connectivity index (χ2n) is 6.87. The number of benzene rings is 1. The van der Waals surface area contributed by atoms with Crippen molar-refractivity contribution in [2.45, 2.75) is 19.8 Å². The van der Waals surface area contributed by atoms with Crippen LogP contribution in [-0.2, 0) is 4.79 Å². The van der Waals surface area contributed by atoms with Crippen molar-refractivity contribution < 1.29 is 19.1 Å². The summed E-state index contributed by atoms with van der Waals surface area (Å²) in [5.74, 6) is -0.301. The van der Waals surface area contributed by atoms with Gasteiger partial charge in [0, 0.05) is 38.2 Å². The SMILES string of the molecule is CC(=O)Oc1cccc(C(=O)N2CCC(CNC(=O)c3ccc(=O)[nH]n3)CC2)c1. The lowest BCUT2D eigenvalue weighted by molar-refractivity contribution is -0.131. The highest BCUT2D eigenvalue weighted by Gasteiger charge is 2.24. The van der Waals surface area contributed by atoms with Crippen LogP contribution < -0.4 is 15.6 Å². The first-order valence-corrected chi connectivity index (χ1v) is 9.34. The van der Waals surface area contributed by atoms with E-state index in [4.69, 9.17) is 4.74 Å². The van der Waals surface area contributed by atoms with Gasteiger partial charge in [-0.2, -0.15) is 5.10 Å². The normalized spacial score (nSPS) is 14.3. The lowest BCUT2D eigenvalue weighted by Gasteiger charge is -2.32. The summed E-state index contributed by atoms with van der Waals surface area (Å²) in [5.41, 5.74) is 0.265. The molecule has 2 heterocycles. The topological polar surface area (TPSA) is 121 Å². The fourth-order valence-corrected chi connectivity index (χ4v) is 3.18. The van der Waals surface area contributed by atoms with Gasteiger partial charge in [-0.15, -0.1) is 0 Å². The van der Waals surface area contributed by atoms with Gasteiger partial charge in [-0.1, -0.05) is 6.07 Å². The van der Waals surface area contributed by atoms with Crippen molar-refractivity contribution in [2.75, 3.05) is 19.6 Å². The smallest absolute Gasteiger partial charge is 0.308 e. The lowest BCUT2D eigenvalue weighted by Crippen LogP contribution is -2.41. The Morgan fingerprint density at radius 1 is 1.21 bits per heavy atom. The van der Waals surface area contributed by atoms with E-state index in [1.54, 1.807) is 29.2 Å². The van der Waals surface area contributed by atoms with E-state index >= 15 is 0 Å². The summed E-state index contributed by atoms with van der Waals surface area (Å²) in [6.07, 6.45) is 1.52. The Labute approximate surface area is 167 Å². The van der Waals surface area contributed by atoms with Gasteiger partial charge in [0.2, 0.25) is 0 Å². The number of rotatable bonds is 5. The minimum atomic E-state index is -0.436. The summed E-state index contributed by atoms with van der Waals surface area (Å²) >= 11 is 0. The van der Waals surface area contributed by atoms with Gasteiger partial charge in [-0.25, -0.2) is 5.10 Å². The molecule has 1 fully saturated rings. The third-order valence-electron chi connectivity index (χ3n) is 4.71. The molecule has 0 radical (unpaired) electrons. The highest BCUT2D eigenvalue weighted by molar-refractivity contribution is 5.95. The molecule has 152 valence electrons. The van der Waals surface area contributed by atoms with Crippen LogP contribution in [-0.4, -0.2) is 52.5 Å². The minimum absolute atomic E-state index is 0.112. The summed E-state index contributed by atoms with van der Waals surface area (Å²) < 4.78 is 5.03. The fourth-order valence-electron chi connectivity index (χ4n) is 3.18. The molecule has 1 aromatic heterocycles. The zero-order valence-electron chi connectivity index (χ0n) is 16.0. The molecular weight excluding hydrogens is 376 g/mol. The molecule has 3 rings (SSSR count). The number of nitrogens with one attached hydrogen (secondary N) is 2. The number of carbonyl (C=O) groups is 3. The molecule has 0 aliphatic carbocycles. The molecule has 9 heteroatoms. The minimum Gasteiger partial charge on any atom is -0.427 e. The van der Waals surface area contributed by atoms with Crippen LogP contribution in [0.2, 0.25) is 0 Å². The van der Waals surface area contributed by atoms with E-state index in [0.29, 0.717) is 30.9 Å². The van der Waals surface area contributed by atoms with Gasteiger partial charge >= 0.3 is 5.97 Å². The molecular formula is C20H22N4O5. The van der Waals surface area contributed by atoms with Gasteiger partial charge in [0.1, 0.15) is 11.4 Å². The van der Waals surface area contributed by atoms with Crippen LogP contribution in [0.5, 0.6) is 5.75 Å². The number of aromatic nitrogens is 2. The lowest BCUT2D eigenvalue weighted by atomic mass is 9.96. The van der Waals surface area contributed by atoms with Crippen molar-refractivity contribution in [3.05, 3.63) is 58.0 Å². The fraction of sp³-hybridized carbons (Fsp3) is 0.350. The summed E-state index contributed by atoms with van der Waals surface area (Å²) in [4.78, 5) is 48.6. The van der Waals surface area contributed by atoms with Crippen LogP contribution in [0, 0.1) is 5.92 Å². The van der Waals surface area contributed by atoms with Gasteiger partial charge in [-0.05, 0) is 43.0 Å². The average molecular weight is 398 g/mol. The van der Waals surface area contributed by atoms with Crippen molar-refractivity contribution >= 4 is 17.8 Å². The van der Waals surface area contributed by atoms with Gasteiger partial charge in [0.15, 0.2) is 0 Å². The number of nitrogens with zero attached hydrogens (tertiary/aromatic N) is 2. The number of carbonyl (C=O) groups excluding carboxylic acids is 3. The van der Waals surface area contributed by atoms with E-state index < -0.39 is 5.97 Å². The predicted octanol–water partition coefficient (Wildman–Crippen LogP) is 0.977. The number of amides is 2. The first-order chi connectivity index (χ1) is 13.9. The predicted molar refractivity (Wildman–Crippen MR) is 104 cm³/mol. The number of piperidine rings is 1. The molecule has 0 unspecified atom stereocenters. The van der Waals surface area contributed by atoms with E-state index in [1.807, 2.05) is 0 Å². The largest absolute Gasteiger partial charge is 0.427 e. The molecule has 0 atom stereocenters. The quantitative estimate of drug-likeness (QED) is 0.572. The van der Waals surface area contributed by atoms with Crippen molar-refractivity contribution in [3.8, 4) is 5.75 Å². The maximum absolute atomic E-state index is 12.7. The Morgan fingerprint density at radius 3 is 2.62 bits per heavy atom. The third-order valence-corrected chi connectivity index (χ3v) is 4.71. The zero-order valence-corrected chi connectivity index (χ0v) is 16.0. The van der Waals surface area contributed by atoms with Gasteiger partial charge in [-0.3, -0.25) is 19.2 Å². The average Bonchev–Trinajstić information content (AvgIpc) is 2.72. The maximum atomic E-state index is 12.7. The molecule has 2 N–H and O–H groups in total. The Balaban J connectivity index is 1.49. The van der Waals surface area contributed by atoms with Gasteiger partial charge in [0.25, 0.3) is 17.4 Å². The summed E-state index contributed by atoms with van der Waals surface area (Å²) in [6, 6.07) is 9.19. The molecule has 1 saturated heterocycles. The van der Waals surface area contributed by atoms with Gasteiger partial charge in [0.05, 0.1) is 0 Å². The van der Waals surface area contributed by atoms with Crippen LogP contribution in [0.4, 0.5) is 0 Å². The third kappa shape index (κ3) is 5.50. The van der Waals surface area contributed by atoms with Crippen LogP contribution in [0.25, 0.3) is 0 Å². The number of hydrogen-bond acceptors (Lipinski definition) is 6. The number of esters is 1. The molecule has 9 nitrogen and oxygen atoms in total. The summed E-state index contributed by atoms with van der Waals surface area (Å²) in [5, 5.41) is 8.74. The maximum Gasteiger partial charge on any atom is 0.308 e. The Hall–Kier alpha value is -3.49. The second kappa shape index (κ2) is 9.13. The van der Waals surface area contributed by atoms with Crippen LogP contribution in [0.1, 0.15) is 40.6 Å². The van der Waals surface area contributed by atoms with E-state index in [2.05, 4.69) is 15.5 Å². The van der Waals surface area contributed by atoms with Crippen LogP contribution in [0.15, 0.2) is 41.2 Å². The molecule has 1 aliphatic rings. The number of likely N-dealkylation sites (tertiary alicyclic amines) is 1. The second-order valence-corrected chi connectivity index (χ2v) is 6.87. The standard InChI is InChI=1S/C20H22N4O5/c1-13(25)29-16-4-2-3-15(11-16)20(28)24-9-7-14(8-10-24)12-21-19(27)17-5-6-18(26)23-22-17/h2-6,11,14H,7-10,12H2,1H3,(H,21,27)(H,23,26). The van der Waals surface area contributed by atoms with Crippen LogP contribution in [0.3, 0.4) is 0 Å². The molecule has 2 aromatic rings. The Bertz CT molecular complexity index is 943. The Kier molecular flexibility index (Phi) is 6.38. The molecule has 0 spiro atoms. The number of H-pyrrole nitrogens is 1. The van der Waals surface area contributed by atoms with Crippen molar-refractivity contribution in [3.63, 3.8) is 0 Å². The highest BCUT2D eigenvalue weighted by Crippen LogP contribution is 2.20. The van der Waals surface area contributed by atoms with E-state index in [1.165, 1.54) is 19.1 Å². The van der Waals surface area contributed by atoms with Crippen molar-refractivity contribution in [1.82, 2.24) is 20.4 Å². The first-order valence-electron chi connectivity index (χ1n) is 9.34. The van der Waals surface area contributed by atoms with E-state index in [-0.39, 0.29) is 29.0 Å². The molecule has 2 amide bonds.